The summed E-state index contributed by atoms with van der Waals surface area (Å²) >= 11 is 0. The summed E-state index contributed by atoms with van der Waals surface area (Å²) in [5.41, 5.74) is 1.95. The molecule has 22 heavy (non-hydrogen) atoms. The fraction of sp³-hybridized carbons (Fsp3) is 0.312. The number of methoxy groups -OCH3 is 1. The molecule has 1 saturated heterocycles. The second-order valence-corrected chi connectivity index (χ2v) is 5.37. The van der Waals surface area contributed by atoms with Gasteiger partial charge in [0.2, 0.25) is 5.91 Å². The first-order valence-corrected chi connectivity index (χ1v) is 7.06. The third-order valence-corrected chi connectivity index (χ3v) is 4.01. The maximum atomic E-state index is 12.2. The minimum atomic E-state index is -1.03. The Kier molecular flexibility index (Phi) is 3.66. The SMILES string of the molecule is COC(=O)[C@H]1CC(=O)[C@H](Cc2c[nH]c3ccccc23)NC1=O. The van der Waals surface area contributed by atoms with E-state index in [2.05, 4.69) is 15.0 Å². The fourth-order valence-corrected chi connectivity index (χ4v) is 2.81. The summed E-state index contributed by atoms with van der Waals surface area (Å²) in [5.74, 6) is -2.30. The summed E-state index contributed by atoms with van der Waals surface area (Å²) in [6.45, 7) is 0. The summed E-state index contributed by atoms with van der Waals surface area (Å²) in [6, 6.07) is 7.17. The molecule has 114 valence electrons. The van der Waals surface area contributed by atoms with Crippen LogP contribution in [0.1, 0.15) is 12.0 Å². The number of aromatic amines is 1. The molecule has 1 aromatic carbocycles. The van der Waals surface area contributed by atoms with Gasteiger partial charge in [0.15, 0.2) is 5.78 Å². The van der Waals surface area contributed by atoms with Crippen LogP contribution in [0.5, 0.6) is 0 Å². The average Bonchev–Trinajstić information content (AvgIpc) is 2.93. The number of para-hydroxylation sites is 1. The predicted octanol–water partition coefficient (Wildman–Crippen LogP) is 0.957. The Morgan fingerprint density at radius 2 is 2.09 bits per heavy atom. The minimum Gasteiger partial charge on any atom is -0.468 e. The molecular formula is C16H16N2O4. The van der Waals surface area contributed by atoms with E-state index in [0.717, 1.165) is 16.5 Å². The van der Waals surface area contributed by atoms with Gasteiger partial charge in [0.25, 0.3) is 0 Å². The van der Waals surface area contributed by atoms with Crippen molar-refractivity contribution in [3.63, 3.8) is 0 Å². The van der Waals surface area contributed by atoms with Crippen LogP contribution in [-0.2, 0) is 25.5 Å². The van der Waals surface area contributed by atoms with Crippen LogP contribution in [0.3, 0.4) is 0 Å². The van der Waals surface area contributed by atoms with Crippen LogP contribution < -0.4 is 5.32 Å². The van der Waals surface area contributed by atoms with E-state index >= 15 is 0 Å². The normalized spacial score (nSPS) is 21.7. The molecule has 0 saturated carbocycles. The molecule has 0 radical (unpaired) electrons. The number of H-pyrrole nitrogens is 1. The highest BCUT2D eigenvalue weighted by Gasteiger charge is 2.39. The molecule has 0 spiro atoms. The Hall–Kier alpha value is -2.63. The number of amides is 1. The van der Waals surface area contributed by atoms with Crippen LogP contribution in [-0.4, -0.2) is 35.8 Å². The van der Waals surface area contributed by atoms with Crippen molar-refractivity contribution in [2.75, 3.05) is 7.11 Å². The zero-order valence-electron chi connectivity index (χ0n) is 12.1. The standard InChI is InChI=1S/C16H16N2O4/c1-22-16(21)11-7-14(19)13(18-15(11)20)6-9-8-17-12-5-3-2-4-10(9)12/h2-5,8,11,13,17H,6-7H2,1H3,(H,18,20)/t11-,13-/m0/s1. The smallest absolute Gasteiger partial charge is 0.318 e. The zero-order chi connectivity index (χ0) is 15.7. The van der Waals surface area contributed by atoms with Crippen molar-refractivity contribution in [3.8, 4) is 0 Å². The second kappa shape index (κ2) is 5.63. The molecule has 2 N–H and O–H groups in total. The van der Waals surface area contributed by atoms with Gasteiger partial charge in [-0.25, -0.2) is 0 Å². The summed E-state index contributed by atoms with van der Waals surface area (Å²) in [4.78, 5) is 38.8. The molecule has 1 aliphatic rings. The van der Waals surface area contributed by atoms with Crippen molar-refractivity contribution < 1.29 is 19.1 Å². The van der Waals surface area contributed by atoms with E-state index in [1.54, 1.807) is 0 Å². The van der Waals surface area contributed by atoms with Gasteiger partial charge in [-0.2, -0.15) is 0 Å². The van der Waals surface area contributed by atoms with E-state index in [1.807, 2.05) is 30.5 Å². The Morgan fingerprint density at radius 1 is 1.32 bits per heavy atom. The van der Waals surface area contributed by atoms with Crippen molar-refractivity contribution in [3.05, 3.63) is 36.0 Å². The number of rotatable bonds is 3. The molecule has 0 aliphatic carbocycles. The highest BCUT2D eigenvalue weighted by molar-refractivity contribution is 6.07. The van der Waals surface area contributed by atoms with Gasteiger partial charge < -0.3 is 15.0 Å². The molecule has 1 aromatic heterocycles. The molecule has 3 rings (SSSR count). The molecule has 1 fully saturated rings. The van der Waals surface area contributed by atoms with E-state index in [0.29, 0.717) is 6.42 Å². The number of fused-ring (bicyclic) bond motifs is 1. The van der Waals surface area contributed by atoms with E-state index in [-0.39, 0.29) is 12.2 Å². The molecular weight excluding hydrogens is 284 g/mol. The van der Waals surface area contributed by atoms with Gasteiger partial charge in [-0.1, -0.05) is 18.2 Å². The Morgan fingerprint density at radius 3 is 2.86 bits per heavy atom. The van der Waals surface area contributed by atoms with Crippen LogP contribution in [0.4, 0.5) is 0 Å². The minimum absolute atomic E-state index is 0.106. The molecule has 0 unspecified atom stereocenters. The lowest BCUT2D eigenvalue weighted by molar-refractivity contribution is -0.154. The summed E-state index contributed by atoms with van der Waals surface area (Å²) in [5, 5.41) is 3.66. The van der Waals surface area contributed by atoms with Gasteiger partial charge in [0.1, 0.15) is 5.92 Å². The number of nitrogens with one attached hydrogen (secondary N) is 2. The van der Waals surface area contributed by atoms with E-state index in [1.165, 1.54) is 7.11 Å². The maximum Gasteiger partial charge on any atom is 0.318 e. The number of Topliss-reactive ketones (excluding diaryl/α,β-unsaturated/α-hetero) is 1. The quantitative estimate of drug-likeness (QED) is 0.652. The number of carbonyl (C=O) groups is 3. The van der Waals surface area contributed by atoms with Gasteiger partial charge in [0.05, 0.1) is 13.2 Å². The van der Waals surface area contributed by atoms with Gasteiger partial charge in [-0.15, -0.1) is 0 Å². The van der Waals surface area contributed by atoms with Gasteiger partial charge in [0, 0.05) is 29.9 Å². The molecule has 2 heterocycles. The molecule has 2 atom stereocenters. The first kappa shape index (κ1) is 14.3. The molecule has 6 nitrogen and oxygen atoms in total. The molecule has 1 aliphatic heterocycles. The lowest BCUT2D eigenvalue weighted by atomic mass is 9.89. The Balaban J connectivity index is 1.78. The van der Waals surface area contributed by atoms with E-state index in [4.69, 9.17) is 0 Å². The first-order valence-electron chi connectivity index (χ1n) is 7.06. The van der Waals surface area contributed by atoms with Gasteiger partial charge in [-0.3, -0.25) is 14.4 Å². The maximum absolute atomic E-state index is 12.2. The summed E-state index contributed by atoms with van der Waals surface area (Å²) in [7, 11) is 1.21. The van der Waals surface area contributed by atoms with Crippen molar-refractivity contribution in [1.29, 1.82) is 0 Å². The van der Waals surface area contributed by atoms with Crippen molar-refractivity contribution in [1.82, 2.24) is 10.3 Å². The van der Waals surface area contributed by atoms with Crippen LogP contribution in [0.2, 0.25) is 0 Å². The van der Waals surface area contributed by atoms with Crippen LogP contribution in [0.15, 0.2) is 30.5 Å². The summed E-state index contributed by atoms with van der Waals surface area (Å²) in [6.07, 6.45) is 2.14. The van der Waals surface area contributed by atoms with Crippen molar-refractivity contribution >= 4 is 28.6 Å². The number of hydrogen-bond donors (Lipinski definition) is 2. The number of aromatic nitrogens is 1. The Bertz CT molecular complexity index is 749. The number of piperidine rings is 1. The number of ether oxygens (including phenoxy) is 1. The van der Waals surface area contributed by atoms with E-state index < -0.39 is 23.8 Å². The number of hydrogen-bond acceptors (Lipinski definition) is 4. The largest absolute Gasteiger partial charge is 0.468 e. The number of ketones is 1. The highest BCUT2D eigenvalue weighted by Crippen LogP contribution is 2.22. The lowest BCUT2D eigenvalue weighted by Gasteiger charge is -2.26. The molecule has 0 bridgehead atoms. The third-order valence-electron chi connectivity index (χ3n) is 4.01. The van der Waals surface area contributed by atoms with Crippen LogP contribution >= 0.6 is 0 Å². The summed E-state index contributed by atoms with van der Waals surface area (Å²) < 4.78 is 4.55. The zero-order valence-corrected chi connectivity index (χ0v) is 12.1. The van der Waals surface area contributed by atoms with E-state index in [9.17, 15) is 14.4 Å². The van der Waals surface area contributed by atoms with Gasteiger partial charge in [-0.05, 0) is 11.6 Å². The highest BCUT2D eigenvalue weighted by atomic mass is 16.5. The van der Waals surface area contributed by atoms with Crippen molar-refractivity contribution in [2.24, 2.45) is 5.92 Å². The van der Waals surface area contributed by atoms with Crippen LogP contribution in [0, 0.1) is 5.92 Å². The van der Waals surface area contributed by atoms with Crippen LogP contribution in [0.25, 0.3) is 10.9 Å². The molecule has 2 aromatic rings. The fourth-order valence-electron chi connectivity index (χ4n) is 2.81. The number of benzene rings is 1. The van der Waals surface area contributed by atoms with Crippen molar-refractivity contribution in [2.45, 2.75) is 18.9 Å². The average molecular weight is 300 g/mol. The monoisotopic (exact) mass is 300 g/mol. The first-order chi connectivity index (χ1) is 10.6. The topological polar surface area (TPSA) is 88.3 Å². The molecule has 6 heteroatoms. The second-order valence-electron chi connectivity index (χ2n) is 5.37. The third kappa shape index (κ3) is 2.47. The Labute approximate surface area is 126 Å². The number of carbonyl (C=O) groups excluding carboxylic acids is 3. The van der Waals surface area contributed by atoms with Gasteiger partial charge >= 0.3 is 5.97 Å². The predicted molar refractivity (Wildman–Crippen MR) is 79.1 cm³/mol. The lowest BCUT2D eigenvalue weighted by Crippen LogP contribution is -2.53. The molecule has 1 amide bonds. The number of esters is 1.